The molecule has 1 aromatic rings. The van der Waals surface area contributed by atoms with Crippen LogP contribution in [0, 0.1) is 0 Å². The van der Waals surface area contributed by atoms with Gasteiger partial charge in [0.2, 0.25) is 0 Å². The SMILES string of the molecule is c1cc(NCCCNC2CC2)n(C2CNC2)n1. The highest BCUT2D eigenvalue weighted by atomic mass is 15.4. The Morgan fingerprint density at radius 2 is 2.24 bits per heavy atom. The van der Waals surface area contributed by atoms with E-state index in [-0.39, 0.29) is 0 Å². The molecule has 0 aromatic carbocycles. The Kier molecular flexibility index (Phi) is 3.29. The van der Waals surface area contributed by atoms with Gasteiger partial charge in [0.25, 0.3) is 0 Å². The molecule has 17 heavy (non-hydrogen) atoms. The zero-order valence-electron chi connectivity index (χ0n) is 10.2. The molecule has 0 bridgehead atoms. The normalized spacial score (nSPS) is 20.2. The fourth-order valence-corrected chi connectivity index (χ4v) is 2.09. The summed E-state index contributed by atoms with van der Waals surface area (Å²) in [7, 11) is 0. The second-order valence-corrected chi connectivity index (χ2v) is 4.98. The Balaban J connectivity index is 1.39. The molecular formula is C12H21N5. The molecule has 2 heterocycles. The van der Waals surface area contributed by atoms with E-state index in [1.54, 1.807) is 0 Å². The van der Waals surface area contributed by atoms with Crippen LogP contribution in [-0.4, -0.2) is 42.0 Å². The quantitative estimate of drug-likeness (QED) is 0.605. The molecule has 5 nitrogen and oxygen atoms in total. The van der Waals surface area contributed by atoms with Crippen LogP contribution in [0.25, 0.3) is 0 Å². The molecule has 3 N–H and O–H groups in total. The fraction of sp³-hybridized carbons (Fsp3) is 0.750. The monoisotopic (exact) mass is 235 g/mol. The lowest BCUT2D eigenvalue weighted by Crippen LogP contribution is -2.44. The van der Waals surface area contributed by atoms with E-state index in [4.69, 9.17) is 0 Å². The summed E-state index contributed by atoms with van der Waals surface area (Å²) in [6.07, 6.45) is 5.79. The Hall–Kier alpha value is -1.07. The van der Waals surface area contributed by atoms with Crippen molar-refractivity contribution >= 4 is 5.82 Å². The van der Waals surface area contributed by atoms with E-state index in [0.29, 0.717) is 6.04 Å². The van der Waals surface area contributed by atoms with Gasteiger partial charge in [0.15, 0.2) is 0 Å². The third-order valence-corrected chi connectivity index (χ3v) is 3.45. The maximum atomic E-state index is 4.37. The van der Waals surface area contributed by atoms with Crippen molar-refractivity contribution in [3.63, 3.8) is 0 Å². The van der Waals surface area contributed by atoms with Crippen LogP contribution in [0.4, 0.5) is 5.82 Å². The summed E-state index contributed by atoms with van der Waals surface area (Å²) in [5, 5.41) is 14.6. The maximum Gasteiger partial charge on any atom is 0.124 e. The predicted molar refractivity (Wildman–Crippen MR) is 68.3 cm³/mol. The number of hydrogen-bond donors (Lipinski definition) is 3. The molecule has 0 radical (unpaired) electrons. The van der Waals surface area contributed by atoms with Crippen LogP contribution >= 0.6 is 0 Å². The van der Waals surface area contributed by atoms with Crippen molar-refractivity contribution in [3.05, 3.63) is 12.3 Å². The lowest BCUT2D eigenvalue weighted by atomic mass is 10.2. The first-order chi connectivity index (χ1) is 8.43. The lowest BCUT2D eigenvalue weighted by molar-refractivity contribution is 0.321. The van der Waals surface area contributed by atoms with Gasteiger partial charge in [0.05, 0.1) is 12.2 Å². The Morgan fingerprint density at radius 1 is 1.35 bits per heavy atom. The van der Waals surface area contributed by atoms with Gasteiger partial charge in [-0.25, -0.2) is 4.68 Å². The average molecular weight is 235 g/mol. The number of nitrogens with one attached hydrogen (secondary N) is 3. The van der Waals surface area contributed by atoms with Gasteiger partial charge in [-0.2, -0.15) is 5.10 Å². The zero-order valence-corrected chi connectivity index (χ0v) is 10.2. The van der Waals surface area contributed by atoms with E-state index in [1.165, 1.54) is 19.3 Å². The van der Waals surface area contributed by atoms with E-state index in [9.17, 15) is 0 Å². The summed E-state index contributed by atoms with van der Waals surface area (Å²) in [6.45, 7) is 4.22. The number of hydrogen-bond acceptors (Lipinski definition) is 4. The molecule has 0 unspecified atom stereocenters. The summed E-state index contributed by atoms with van der Waals surface area (Å²) < 4.78 is 2.10. The van der Waals surface area contributed by atoms with Gasteiger partial charge in [-0.3, -0.25) is 0 Å². The van der Waals surface area contributed by atoms with Crippen molar-refractivity contribution in [1.82, 2.24) is 20.4 Å². The van der Waals surface area contributed by atoms with Gasteiger partial charge >= 0.3 is 0 Å². The van der Waals surface area contributed by atoms with Crippen LogP contribution in [0.15, 0.2) is 12.3 Å². The molecule has 2 aliphatic rings. The topological polar surface area (TPSA) is 53.9 Å². The summed E-state index contributed by atoms with van der Waals surface area (Å²) in [5.41, 5.74) is 0. The van der Waals surface area contributed by atoms with Crippen LogP contribution in [0.3, 0.4) is 0 Å². The maximum absolute atomic E-state index is 4.37. The van der Waals surface area contributed by atoms with E-state index in [0.717, 1.165) is 38.0 Å². The van der Waals surface area contributed by atoms with Crippen molar-refractivity contribution in [2.45, 2.75) is 31.3 Å². The largest absolute Gasteiger partial charge is 0.370 e. The number of aromatic nitrogens is 2. The van der Waals surface area contributed by atoms with Crippen LogP contribution < -0.4 is 16.0 Å². The van der Waals surface area contributed by atoms with Crippen molar-refractivity contribution < 1.29 is 0 Å². The number of anilines is 1. The molecule has 0 spiro atoms. The smallest absolute Gasteiger partial charge is 0.124 e. The average Bonchev–Trinajstić information content (AvgIpc) is 2.97. The summed E-state index contributed by atoms with van der Waals surface area (Å²) in [5.74, 6) is 1.16. The first kappa shape index (κ1) is 11.0. The first-order valence-corrected chi connectivity index (χ1v) is 6.65. The van der Waals surface area contributed by atoms with Crippen LogP contribution in [0.5, 0.6) is 0 Å². The van der Waals surface area contributed by atoms with Gasteiger partial charge < -0.3 is 16.0 Å². The van der Waals surface area contributed by atoms with E-state index in [1.807, 2.05) is 6.20 Å². The van der Waals surface area contributed by atoms with Crippen molar-refractivity contribution in [2.75, 3.05) is 31.5 Å². The molecule has 1 aromatic heterocycles. The molecule has 0 atom stereocenters. The molecule has 1 saturated heterocycles. The van der Waals surface area contributed by atoms with Gasteiger partial charge in [-0.1, -0.05) is 0 Å². The molecule has 1 saturated carbocycles. The van der Waals surface area contributed by atoms with E-state index in [2.05, 4.69) is 31.8 Å². The van der Waals surface area contributed by atoms with Gasteiger partial charge in [0, 0.05) is 31.7 Å². The van der Waals surface area contributed by atoms with Crippen molar-refractivity contribution in [3.8, 4) is 0 Å². The zero-order chi connectivity index (χ0) is 11.5. The molecule has 1 aliphatic carbocycles. The van der Waals surface area contributed by atoms with Crippen LogP contribution in [-0.2, 0) is 0 Å². The summed E-state index contributed by atoms with van der Waals surface area (Å²) in [4.78, 5) is 0. The second-order valence-electron chi connectivity index (χ2n) is 4.98. The van der Waals surface area contributed by atoms with E-state index >= 15 is 0 Å². The number of rotatable bonds is 7. The highest BCUT2D eigenvalue weighted by Gasteiger charge is 2.21. The molecule has 94 valence electrons. The minimum atomic E-state index is 0.539. The Bertz CT molecular complexity index is 354. The first-order valence-electron chi connectivity index (χ1n) is 6.65. The third kappa shape index (κ3) is 2.79. The minimum Gasteiger partial charge on any atom is -0.370 e. The third-order valence-electron chi connectivity index (χ3n) is 3.45. The molecular weight excluding hydrogens is 214 g/mol. The number of nitrogens with zero attached hydrogens (tertiary/aromatic N) is 2. The van der Waals surface area contributed by atoms with Gasteiger partial charge in [-0.15, -0.1) is 0 Å². The fourth-order valence-electron chi connectivity index (χ4n) is 2.09. The van der Waals surface area contributed by atoms with Crippen molar-refractivity contribution in [1.29, 1.82) is 0 Å². The predicted octanol–water partition coefficient (Wildman–Crippen LogP) is 0.581. The van der Waals surface area contributed by atoms with Gasteiger partial charge in [-0.05, 0) is 25.8 Å². The van der Waals surface area contributed by atoms with Crippen LogP contribution in [0.1, 0.15) is 25.3 Å². The highest BCUT2D eigenvalue weighted by Crippen LogP contribution is 2.18. The lowest BCUT2D eigenvalue weighted by Gasteiger charge is -2.28. The molecule has 0 amide bonds. The molecule has 1 aliphatic heterocycles. The molecule has 5 heteroatoms. The Labute approximate surface area is 102 Å². The minimum absolute atomic E-state index is 0.539. The highest BCUT2D eigenvalue weighted by molar-refractivity contribution is 5.34. The Morgan fingerprint density at radius 3 is 2.94 bits per heavy atom. The standard InChI is InChI=1S/C12H21N5/c1(5-14-10-2-3-10)6-15-12-4-7-16-17(12)11-8-13-9-11/h4,7,10-11,13-15H,1-3,5-6,8-9H2. The molecule has 3 rings (SSSR count). The summed E-state index contributed by atoms with van der Waals surface area (Å²) >= 11 is 0. The van der Waals surface area contributed by atoms with E-state index < -0.39 is 0 Å². The second kappa shape index (κ2) is 5.06. The van der Waals surface area contributed by atoms with Crippen molar-refractivity contribution in [2.24, 2.45) is 0 Å². The van der Waals surface area contributed by atoms with Crippen LogP contribution in [0.2, 0.25) is 0 Å². The summed E-state index contributed by atoms with van der Waals surface area (Å²) in [6, 6.07) is 3.42. The molecule has 2 fully saturated rings. The van der Waals surface area contributed by atoms with Gasteiger partial charge in [0.1, 0.15) is 5.82 Å².